The summed E-state index contributed by atoms with van der Waals surface area (Å²) in [5.41, 5.74) is 4.62. The number of primary amides is 1. The van der Waals surface area contributed by atoms with Gasteiger partial charge in [0, 0.05) is 0 Å². The molecule has 0 spiro atoms. The Hall–Kier alpha value is -0.150. The van der Waals surface area contributed by atoms with Gasteiger partial charge < -0.3 is 10.5 Å². The minimum absolute atomic E-state index is 0. The quantitative estimate of drug-likeness (QED) is 0.689. The predicted molar refractivity (Wildman–Crippen MR) is 40.3 cm³/mol. The Bertz CT molecular complexity index is 69.6. The van der Waals surface area contributed by atoms with Gasteiger partial charge in [0.2, 0.25) is 0 Å². The number of carbonyl (C=O) groups excluding carboxylic acids is 1. The van der Waals surface area contributed by atoms with E-state index in [1.54, 1.807) is 0 Å². The van der Waals surface area contributed by atoms with Crippen molar-refractivity contribution >= 4 is 30.9 Å². The van der Waals surface area contributed by atoms with Gasteiger partial charge >= 0.3 is 6.09 Å². The summed E-state index contributed by atoms with van der Waals surface area (Å²) in [7, 11) is 0. The lowest BCUT2D eigenvalue weighted by atomic mass is 10.5. The summed E-state index contributed by atoms with van der Waals surface area (Å²) in [6, 6.07) is 0. The van der Waals surface area contributed by atoms with Gasteiger partial charge in [0.1, 0.15) is 0 Å². The second-order valence-electron chi connectivity index (χ2n) is 1.17. The van der Waals surface area contributed by atoms with Gasteiger partial charge in [-0.3, -0.25) is 0 Å². The second kappa shape index (κ2) is 10.8. The van der Waals surface area contributed by atoms with Crippen molar-refractivity contribution in [2.24, 2.45) is 5.73 Å². The molecule has 58 valence electrons. The standard InChI is InChI=1S/C4H9NO2.2ClH/c1-2-3-7-4(5)6;;/h2-3H2,1H3,(H2,5,6);2*1H. The predicted octanol–water partition coefficient (Wildman–Crippen LogP) is 1.34. The smallest absolute Gasteiger partial charge is 0.404 e. The molecule has 0 bridgehead atoms. The van der Waals surface area contributed by atoms with Crippen molar-refractivity contribution in [2.75, 3.05) is 6.61 Å². The highest BCUT2D eigenvalue weighted by Gasteiger charge is 1.86. The van der Waals surface area contributed by atoms with Gasteiger partial charge in [-0.1, -0.05) is 6.92 Å². The molecule has 0 aromatic carbocycles. The highest BCUT2D eigenvalue weighted by Crippen LogP contribution is 1.76. The first-order valence-corrected chi connectivity index (χ1v) is 2.19. The van der Waals surface area contributed by atoms with E-state index in [9.17, 15) is 4.79 Å². The van der Waals surface area contributed by atoms with Crippen molar-refractivity contribution in [3.8, 4) is 0 Å². The SMILES string of the molecule is CCCOC(N)=O.Cl.Cl. The topological polar surface area (TPSA) is 52.3 Å². The van der Waals surface area contributed by atoms with Crippen LogP contribution in [0.1, 0.15) is 13.3 Å². The third-order valence-corrected chi connectivity index (χ3v) is 0.448. The third kappa shape index (κ3) is 18.1. The number of rotatable bonds is 2. The molecule has 0 saturated heterocycles. The molecule has 0 unspecified atom stereocenters. The molecular formula is C4H11Cl2NO2. The summed E-state index contributed by atoms with van der Waals surface area (Å²) in [5.74, 6) is 0. The zero-order valence-electron chi connectivity index (χ0n) is 5.12. The number of amides is 1. The number of hydrogen-bond donors (Lipinski definition) is 1. The Morgan fingerprint density at radius 3 is 2.11 bits per heavy atom. The highest BCUT2D eigenvalue weighted by atomic mass is 35.5. The summed E-state index contributed by atoms with van der Waals surface area (Å²) < 4.78 is 4.33. The fourth-order valence-corrected chi connectivity index (χ4v) is 0.203. The first-order chi connectivity index (χ1) is 3.27. The van der Waals surface area contributed by atoms with Crippen molar-refractivity contribution in [1.82, 2.24) is 0 Å². The average molecular weight is 176 g/mol. The van der Waals surface area contributed by atoms with E-state index in [2.05, 4.69) is 10.5 Å². The Morgan fingerprint density at radius 2 is 2.00 bits per heavy atom. The molecule has 1 amide bonds. The van der Waals surface area contributed by atoms with E-state index in [1.807, 2.05) is 6.92 Å². The van der Waals surface area contributed by atoms with Gasteiger partial charge in [-0.25, -0.2) is 4.79 Å². The summed E-state index contributed by atoms with van der Waals surface area (Å²) >= 11 is 0. The van der Waals surface area contributed by atoms with Crippen molar-refractivity contribution in [2.45, 2.75) is 13.3 Å². The van der Waals surface area contributed by atoms with Crippen molar-refractivity contribution in [1.29, 1.82) is 0 Å². The van der Waals surface area contributed by atoms with Gasteiger partial charge in [0.15, 0.2) is 0 Å². The average Bonchev–Trinajstić information content (AvgIpc) is 1.61. The van der Waals surface area contributed by atoms with E-state index in [1.165, 1.54) is 0 Å². The Morgan fingerprint density at radius 1 is 1.56 bits per heavy atom. The van der Waals surface area contributed by atoms with Gasteiger partial charge in [-0.05, 0) is 6.42 Å². The first kappa shape index (κ1) is 15.9. The van der Waals surface area contributed by atoms with Crippen molar-refractivity contribution in [3.05, 3.63) is 0 Å². The Kier molecular flexibility index (Phi) is 19.1. The summed E-state index contributed by atoms with van der Waals surface area (Å²) in [5, 5.41) is 0. The minimum Gasteiger partial charge on any atom is -0.450 e. The highest BCUT2D eigenvalue weighted by molar-refractivity contribution is 5.85. The molecule has 0 atom stereocenters. The van der Waals surface area contributed by atoms with Gasteiger partial charge in [-0.15, -0.1) is 24.8 Å². The molecule has 0 aromatic heterocycles. The molecule has 0 aliphatic carbocycles. The molecule has 0 radical (unpaired) electrons. The van der Waals surface area contributed by atoms with Gasteiger partial charge in [-0.2, -0.15) is 0 Å². The number of carbonyl (C=O) groups is 1. The molecule has 3 nitrogen and oxygen atoms in total. The monoisotopic (exact) mass is 175 g/mol. The summed E-state index contributed by atoms with van der Waals surface area (Å²) in [6.07, 6.45) is 0.130. The fourth-order valence-electron chi connectivity index (χ4n) is 0.203. The van der Waals surface area contributed by atoms with E-state index >= 15 is 0 Å². The Balaban J connectivity index is -0.000000180. The fraction of sp³-hybridized carbons (Fsp3) is 0.750. The van der Waals surface area contributed by atoms with Gasteiger partial charge in [0.05, 0.1) is 6.61 Å². The van der Waals surface area contributed by atoms with Crippen LogP contribution in [-0.4, -0.2) is 12.7 Å². The molecule has 0 saturated carbocycles. The maximum atomic E-state index is 9.76. The molecule has 2 N–H and O–H groups in total. The van der Waals surface area contributed by atoms with Gasteiger partial charge in [0.25, 0.3) is 0 Å². The molecule has 0 aliphatic rings. The maximum absolute atomic E-state index is 9.76. The first-order valence-electron chi connectivity index (χ1n) is 2.19. The molecule has 0 aliphatic heterocycles. The van der Waals surface area contributed by atoms with Crippen LogP contribution in [0.25, 0.3) is 0 Å². The lowest BCUT2D eigenvalue weighted by Gasteiger charge is -1.93. The number of halogens is 2. The van der Waals surface area contributed by atoms with Crippen molar-refractivity contribution < 1.29 is 9.53 Å². The molecule has 0 heterocycles. The van der Waals surface area contributed by atoms with Crippen LogP contribution in [0.2, 0.25) is 0 Å². The molecular weight excluding hydrogens is 165 g/mol. The molecule has 5 heteroatoms. The molecule has 0 fully saturated rings. The van der Waals surface area contributed by atoms with Crippen molar-refractivity contribution in [3.63, 3.8) is 0 Å². The van der Waals surface area contributed by atoms with Crippen LogP contribution >= 0.6 is 24.8 Å². The van der Waals surface area contributed by atoms with Crippen LogP contribution in [0.4, 0.5) is 4.79 Å². The van der Waals surface area contributed by atoms with E-state index < -0.39 is 6.09 Å². The largest absolute Gasteiger partial charge is 0.450 e. The van der Waals surface area contributed by atoms with E-state index in [4.69, 9.17) is 0 Å². The molecule has 0 aromatic rings. The summed E-state index contributed by atoms with van der Waals surface area (Å²) in [4.78, 5) is 9.76. The van der Waals surface area contributed by atoms with Crippen LogP contribution in [0.15, 0.2) is 0 Å². The zero-order valence-corrected chi connectivity index (χ0v) is 6.76. The number of nitrogens with two attached hydrogens (primary N) is 1. The molecule has 0 rings (SSSR count). The number of ether oxygens (including phenoxy) is 1. The summed E-state index contributed by atoms with van der Waals surface area (Å²) in [6.45, 7) is 2.33. The van der Waals surface area contributed by atoms with E-state index in [0.717, 1.165) is 6.42 Å². The minimum atomic E-state index is -0.693. The van der Waals surface area contributed by atoms with Crippen LogP contribution < -0.4 is 5.73 Å². The van der Waals surface area contributed by atoms with E-state index in [0.29, 0.717) is 6.61 Å². The van der Waals surface area contributed by atoms with Crippen LogP contribution in [0.5, 0.6) is 0 Å². The van der Waals surface area contributed by atoms with Crippen LogP contribution in [-0.2, 0) is 4.74 Å². The maximum Gasteiger partial charge on any atom is 0.404 e. The normalized spacial score (nSPS) is 6.33. The van der Waals surface area contributed by atoms with Crippen LogP contribution in [0, 0.1) is 0 Å². The van der Waals surface area contributed by atoms with E-state index in [-0.39, 0.29) is 24.8 Å². The van der Waals surface area contributed by atoms with Crippen LogP contribution in [0.3, 0.4) is 0 Å². The third-order valence-electron chi connectivity index (χ3n) is 0.448. The lowest BCUT2D eigenvalue weighted by molar-refractivity contribution is 0.157. The second-order valence-corrected chi connectivity index (χ2v) is 1.17. The zero-order chi connectivity index (χ0) is 5.70. The number of hydrogen-bond acceptors (Lipinski definition) is 2. The Labute approximate surface area is 66.8 Å². The molecule has 9 heavy (non-hydrogen) atoms. The lowest BCUT2D eigenvalue weighted by Crippen LogP contribution is -2.12.